The normalized spacial score (nSPS) is 16.0. The van der Waals surface area contributed by atoms with Crippen molar-refractivity contribution in [2.75, 3.05) is 23.5 Å². The monoisotopic (exact) mass is 465 g/mol. The van der Waals surface area contributed by atoms with Gasteiger partial charge in [-0.25, -0.2) is 9.18 Å². The zero-order valence-electron chi connectivity index (χ0n) is 18.8. The fourth-order valence-corrected chi connectivity index (χ4v) is 3.91. The average Bonchev–Trinajstić information content (AvgIpc) is 3.32. The number of aromatic nitrogens is 2. The van der Waals surface area contributed by atoms with Gasteiger partial charge in [0.05, 0.1) is 36.6 Å². The highest BCUT2D eigenvalue weighted by Crippen LogP contribution is 2.40. The van der Waals surface area contributed by atoms with E-state index in [1.807, 2.05) is 25.3 Å². The number of ether oxygens (including phenoxy) is 2. The molecule has 3 aromatic rings. The van der Waals surface area contributed by atoms with Gasteiger partial charge in [0.1, 0.15) is 11.6 Å². The van der Waals surface area contributed by atoms with Gasteiger partial charge < -0.3 is 19.5 Å². The van der Waals surface area contributed by atoms with Crippen LogP contribution in [0.5, 0.6) is 5.75 Å². The summed E-state index contributed by atoms with van der Waals surface area (Å²) in [5.74, 6) is -0.212. The van der Waals surface area contributed by atoms with E-state index in [2.05, 4.69) is 11.2 Å². The summed E-state index contributed by atoms with van der Waals surface area (Å²) in [6.45, 7) is 2.55. The van der Waals surface area contributed by atoms with Crippen LogP contribution in [0.2, 0.25) is 0 Å². The van der Waals surface area contributed by atoms with Gasteiger partial charge in [-0.1, -0.05) is 6.07 Å². The zero-order valence-corrected chi connectivity index (χ0v) is 18.8. The van der Waals surface area contributed by atoms with Gasteiger partial charge in [-0.3, -0.25) is 9.58 Å². The number of nitrogens with zero attached hydrogens (tertiary/aromatic N) is 5. The summed E-state index contributed by atoms with van der Waals surface area (Å²) < 4.78 is 25.6. The first kappa shape index (κ1) is 23.2. The molecule has 1 aliphatic heterocycles. The van der Waals surface area contributed by atoms with Crippen molar-refractivity contribution in [3.05, 3.63) is 60.7 Å². The van der Waals surface area contributed by atoms with Crippen LogP contribution in [0.15, 0.2) is 54.9 Å². The highest BCUT2D eigenvalue weighted by Gasteiger charge is 2.36. The first-order chi connectivity index (χ1) is 16.4. The Morgan fingerprint density at radius 1 is 1.26 bits per heavy atom. The van der Waals surface area contributed by atoms with Crippen LogP contribution in [0, 0.1) is 17.1 Å². The third kappa shape index (κ3) is 4.71. The number of aliphatic hydroxyl groups excluding tert-OH is 1. The van der Waals surface area contributed by atoms with E-state index < -0.39 is 18.3 Å². The first-order valence-electron chi connectivity index (χ1n) is 10.7. The van der Waals surface area contributed by atoms with Crippen LogP contribution in [0.4, 0.5) is 20.6 Å². The molecule has 9 nitrogen and oxygen atoms in total. The van der Waals surface area contributed by atoms with Crippen molar-refractivity contribution in [1.29, 1.82) is 5.26 Å². The molecular formula is C24H24FN5O4. The molecular weight excluding hydrogens is 441 g/mol. The number of amides is 1. The van der Waals surface area contributed by atoms with Gasteiger partial charge in [0, 0.05) is 31.5 Å². The highest BCUT2D eigenvalue weighted by molar-refractivity contribution is 5.96. The summed E-state index contributed by atoms with van der Waals surface area (Å²) in [6, 6.07) is 12.5. The number of rotatable bonds is 6. The molecule has 1 aromatic heterocycles. The van der Waals surface area contributed by atoms with Crippen molar-refractivity contribution in [2.24, 2.45) is 0 Å². The van der Waals surface area contributed by atoms with E-state index in [0.717, 1.165) is 11.1 Å². The fraction of sp³-hybridized carbons (Fsp3) is 0.292. The van der Waals surface area contributed by atoms with Crippen molar-refractivity contribution < 1.29 is 23.8 Å². The van der Waals surface area contributed by atoms with Crippen LogP contribution in [-0.4, -0.2) is 47.1 Å². The quantitative estimate of drug-likeness (QED) is 0.553. The van der Waals surface area contributed by atoms with Crippen molar-refractivity contribution in [2.45, 2.75) is 32.3 Å². The van der Waals surface area contributed by atoms with Crippen LogP contribution in [0.1, 0.15) is 13.3 Å². The van der Waals surface area contributed by atoms with Gasteiger partial charge in [0.25, 0.3) is 0 Å². The second kappa shape index (κ2) is 9.91. The van der Waals surface area contributed by atoms with E-state index >= 15 is 0 Å². The molecule has 34 heavy (non-hydrogen) atoms. The Labute approximate surface area is 196 Å². The molecule has 1 N–H and O–H groups in total. The summed E-state index contributed by atoms with van der Waals surface area (Å²) in [6.07, 6.45) is 2.02. The molecule has 0 spiro atoms. The maximum atomic E-state index is 13.2. The Hall–Kier alpha value is -3.94. The van der Waals surface area contributed by atoms with Crippen LogP contribution < -0.4 is 14.5 Å². The molecule has 0 saturated carbocycles. The topological polar surface area (TPSA) is 104 Å². The molecule has 0 saturated heterocycles. The highest BCUT2D eigenvalue weighted by atomic mass is 19.1. The summed E-state index contributed by atoms with van der Waals surface area (Å²) >= 11 is 0. The van der Waals surface area contributed by atoms with Crippen LogP contribution in [0.25, 0.3) is 11.1 Å². The number of anilines is 2. The Balaban J connectivity index is 1.70. The number of halogens is 1. The lowest BCUT2D eigenvalue weighted by Crippen LogP contribution is -2.54. The average molecular weight is 465 g/mol. The lowest BCUT2D eigenvalue weighted by molar-refractivity contribution is -0.0785. The first-order valence-corrected chi connectivity index (χ1v) is 10.7. The third-order valence-electron chi connectivity index (χ3n) is 5.57. The van der Waals surface area contributed by atoms with Crippen LogP contribution in [-0.2, 0) is 11.3 Å². The lowest BCUT2D eigenvalue weighted by Gasteiger charge is -2.43. The summed E-state index contributed by atoms with van der Waals surface area (Å²) in [7, 11) is 1.40. The molecule has 1 unspecified atom stereocenters. The van der Waals surface area contributed by atoms with Crippen molar-refractivity contribution in [1.82, 2.24) is 9.78 Å². The van der Waals surface area contributed by atoms with Gasteiger partial charge in [-0.15, -0.1) is 0 Å². The lowest BCUT2D eigenvalue weighted by atomic mass is 10.0. The molecule has 10 heteroatoms. The molecule has 0 aliphatic carbocycles. The minimum atomic E-state index is -1.20. The van der Waals surface area contributed by atoms with Crippen LogP contribution >= 0.6 is 0 Å². The molecule has 2 heterocycles. The van der Waals surface area contributed by atoms with E-state index in [1.54, 1.807) is 21.8 Å². The Morgan fingerprint density at radius 2 is 2.03 bits per heavy atom. The molecule has 1 aliphatic rings. The molecule has 0 fully saturated rings. The summed E-state index contributed by atoms with van der Waals surface area (Å²) in [5.41, 5.74) is 2.71. The number of benzene rings is 2. The molecule has 0 bridgehead atoms. The molecule has 2 atom stereocenters. The van der Waals surface area contributed by atoms with E-state index in [1.165, 1.54) is 36.3 Å². The van der Waals surface area contributed by atoms with E-state index in [0.29, 0.717) is 24.3 Å². The Kier molecular flexibility index (Phi) is 6.77. The maximum Gasteiger partial charge on any atom is 0.419 e. The van der Waals surface area contributed by atoms with Crippen molar-refractivity contribution in [3.8, 4) is 22.9 Å². The fourth-order valence-electron chi connectivity index (χ4n) is 3.91. The van der Waals surface area contributed by atoms with Gasteiger partial charge in [-0.05, 0) is 48.9 Å². The number of nitriles is 1. The third-order valence-corrected chi connectivity index (χ3v) is 5.57. The second-order valence-electron chi connectivity index (χ2n) is 7.85. The molecule has 4 rings (SSSR count). The number of methoxy groups -OCH3 is 1. The Bertz CT molecular complexity index is 1210. The Morgan fingerprint density at radius 3 is 2.74 bits per heavy atom. The number of hydrogen-bond donors (Lipinski definition) is 1. The largest absolute Gasteiger partial charge is 0.419 e. The number of carbonyl (C=O) groups is 1. The number of hydrogen-bond acceptors (Lipinski definition) is 7. The van der Waals surface area contributed by atoms with Gasteiger partial charge in [-0.2, -0.15) is 10.4 Å². The van der Waals surface area contributed by atoms with E-state index in [4.69, 9.17) is 14.7 Å². The minimum absolute atomic E-state index is 0.217. The van der Waals surface area contributed by atoms with Crippen molar-refractivity contribution >= 4 is 17.5 Å². The van der Waals surface area contributed by atoms with Crippen LogP contribution in [0.3, 0.4) is 0 Å². The second-order valence-corrected chi connectivity index (χ2v) is 7.85. The number of aliphatic hydroxyl groups is 1. The predicted octanol–water partition coefficient (Wildman–Crippen LogP) is 3.74. The predicted molar refractivity (Wildman–Crippen MR) is 123 cm³/mol. The standard InChI is InChI=1S/C24H24FN5O4/c1-16-14-29(23(31)34-20-7-5-19(25)6-8-20)22-12-17(4-9-21(22)30(16)24(32)33-2)18-13-27-28(15-18)11-3-10-26/h4-9,12-13,15-16,24,32H,3,11,14H2,1-2H3/t16-,24?/m0/s1. The van der Waals surface area contributed by atoms with Gasteiger partial charge in [0.15, 0.2) is 0 Å². The number of carbonyl (C=O) groups excluding carboxylic acids is 1. The minimum Gasteiger partial charge on any atom is -0.410 e. The number of aryl methyl sites for hydroxylation is 1. The SMILES string of the molecule is COC(O)N1c2ccc(-c3cnn(CCC#N)c3)cc2N(C(=O)Oc2ccc(F)cc2)C[C@@H]1C. The smallest absolute Gasteiger partial charge is 0.410 e. The number of fused-ring (bicyclic) bond motifs is 1. The maximum absolute atomic E-state index is 13.2. The van der Waals surface area contributed by atoms with Gasteiger partial charge in [0.2, 0.25) is 6.41 Å². The van der Waals surface area contributed by atoms with Crippen molar-refractivity contribution in [3.63, 3.8) is 0 Å². The molecule has 0 radical (unpaired) electrons. The van der Waals surface area contributed by atoms with E-state index in [-0.39, 0.29) is 18.3 Å². The zero-order chi connectivity index (χ0) is 24.2. The molecule has 1 amide bonds. The van der Waals surface area contributed by atoms with E-state index in [9.17, 15) is 14.3 Å². The summed E-state index contributed by atoms with van der Waals surface area (Å²) in [5, 5.41) is 23.5. The molecule has 176 valence electrons. The molecule has 2 aromatic carbocycles. The summed E-state index contributed by atoms with van der Waals surface area (Å²) in [4.78, 5) is 16.3. The van der Waals surface area contributed by atoms with Gasteiger partial charge >= 0.3 is 6.09 Å².